The van der Waals surface area contributed by atoms with Crippen LogP contribution in [0, 0.1) is 19.7 Å². The molecule has 7 heteroatoms. The number of carbonyl (C=O) groups is 2. The highest BCUT2D eigenvalue weighted by Crippen LogP contribution is 2.32. The third-order valence-corrected chi connectivity index (χ3v) is 5.74. The quantitative estimate of drug-likeness (QED) is 0.708. The Balaban J connectivity index is 1.76. The molecular formula is C22H22FN3O2S. The van der Waals surface area contributed by atoms with E-state index in [2.05, 4.69) is 16.9 Å². The summed E-state index contributed by atoms with van der Waals surface area (Å²) < 4.78 is 13.7. The minimum atomic E-state index is -0.619. The summed E-state index contributed by atoms with van der Waals surface area (Å²) in [4.78, 5) is 31.3. The molecule has 29 heavy (non-hydrogen) atoms. The Hall–Kier alpha value is -2.93. The van der Waals surface area contributed by atoms with Gasteiger partial charge in [-0.2, -0.15) is 0 Å². The predicted octanol–water partition coefficient (Wildman–Crippen LogP) is 4.59. The van der Waals surface area contributed by atoms with Crippen LogP contribution in [0.3, 0.4) is 0 Å². The zero-order chi connectivity index (χ0) is 21.0. The molecule has 2 aromatic rings. The number of benzene rings is 2. The number of aliphatic imine (C=N–C) groups is 1. The molecule has 1 atom stereocenters. The van der Waals surface area contributed by atoms with E-state index in [1.807, 2.05) is 32.0 Å². The van der Waals surface area contributed by atoms with Crippen LogP contribution in [0.1, 0.15) is 17.5 Å². The van der Waals surface area contributed by atoms with E-state index in [0.717, 1.165) is 16.8 Å². The lowest BCUT2D eigenvalue weighted by atomic mass is 10.1. The number of halogens is 1. The number of thioether (sulfide) groups is 1. The highest BCUT2D eigenvalue weighted by molar-refractivity contribution is 8.15. The maximum absolute atomic E-state index is 13.7. The van der Waals surface area contributed by atoms with Crippen molar-refractivity contribution in [2.24, 2.45) is 4.99 Å². The summed E-state index contributed by atoms with van der Waals surface area (Å²) in [6.07, 6.45) is 1.55. The summed E-state index contributed by atoms with van der Waals surface area (Å²) in [5.74, 6) is -1.15. The molecule has 0 saturated carbocycles. The van der Waals surface area contributed by atoms with E-state index in [0.29, 0.717) is 11.7 Å². The average Bonchev–Trinajstić information content (AvgIpc) is 2.95. The molecule has 0 unspecified atom stereocenters. The van der Waals surface area contributed by atoms with Crippen LogP contribution in [0.5, 0.6) is 0 Å². The first-order chi connectivity index (χ1) is 13.9. The third kappa shape index (κ3) is 4.92. The number of nitrogens with zero attached hydrogens (tertiary/aromatic N) is 2. The number of anilines is 1. The first-order valence-corrected chi connectivity index (χ1v) is 10.1. The lowest BCUT2D eigenvalue weighted by Gasteiger charge is -2.14. The van der Waals surface area contributed by atoms with Crippen molar-refractivity contribution < 1.29 is 14.0 Å². The van der Waals surface area contributed by atoms with Crippen molar-refractivity contribution in [3.8, 4) is 0 Å². The van der Waals surface area contributed by atoms with Gasteiger partial charge in [-0.05, 0) is 49.2 Å². The van der Waals surface area contributed by atoms with Gasteiger partial charge >= 0.3 is 0 Å². The van der Waals surface area contributed by atoms with Crippen molar-refractivity contribution >= 4 is 40.1 Å². The van der Waals surface area contributed by atoms with E-state index in [1.54, 1.807) is 18.2 Å². The van der Waals surface area contributed by atoms with Crippen molar-refractivity contribution in [1.29, 1.82) is 0 Å². The van der Waals surface area contributed by atoms with Crippen molar-refractivity contribution in [2.75, 3.05) is 11.9 Å². The van der Waals surface area contributed by atoms with Crippen LogP contribution in [-0.4, -0.2) is 33.7 Å². The van der Waals surface area contributed by atoms with E-state index in [-0.39, 0.29) is 18.0 Å². The fraction of sp³-hybridized carbons (Fsp3) is 0.227. The molecule has 2 aromatic carbocycles. The summed E-state index contributed by atoms with van der Waals surface area (Å²) in [5.41, 5.74) is 3.11. The SMILES string of the molecule is C=CCN1C(=O)[C@H](CC(=O)Nc2ccccc2F)SC1=Nc1ccc(C)c(C)c1. The normalized spacial score (nSPS) is 17.6. The van der Waals surface area contributed by atoms with Crippen molar-refractivity contribution in [2.45, 2.75) is 25.5 Å². The smallest absolute Gasteiger partial charge is 0.242 e. The lowest BCUT2D eigenvalue weighted by molar-refractivity contribution is -0.127. The van der Waals surface area contributed by atoms with Crippen LogP contribution in [0.4, 0.5) is 15.8 Å². The molecule has 0 aliphatic carbocycles. The van der Waals surface area contributed by atoms with Crippen LogP contribution >= 0.6 is 11.8 Å². The van der Waals surface area contributed by atoms with Gasteiger partial charge in [0.2, 0.25) is 11.8 Å². The fourth-order valence-corrected chi connectivity index (χ4v) is 4.03. The molecule has 150 valence electrons. The predicted molar refractivity (Wildman–Crippen MR) is 116 cm³/mol. The number of amides is 2. The Morgan fingerprint density at radius 2 is 2.03 bits per heavy atom. The molecule has 0 bridgehead atoms. The molecule has 2 amide bonds. The molecule has 1 saturated heterocycles. The Morgan fingerprint density at radius 3 is 2.72 bits per heavy atom. The molecule has 1 aliphatic rings. The highest BCUT2D eigenvalue weighted by atomic mass is 32.2. The van der Waals surface area contributed by atoms with Gasteiger partial charge in [-0.25, -0.2) is 9.38 Å². The summed E-state index contributed by atoms with van der Waals surface area (Å²) in [5, 5.41) is 2.44. The fourth-order valence-electron chi connectivity index (χ4n) is 2.86. The van der Waals surface area contributed by atoms with Gasteiger partial charge in [0.25, 0.3) is 0 Å². The van der Waals surface area contributed by atoms with Gasteiger partial charge in [0.05, 0.1) is 11.4 Å². The summed E-state index contributed by atoms with van der Waals surface area (Å²) >= 11 is 1.24. The summed E-state index contributed by atoms with van der Waals surface area (Å²) in [6, 6.07) is 11.8. The Labute approximate surface area is 173 Å². The first kappa shape index (κ1) is 20.8. The van der Waals surface area contributed by atoms with E-state index in [9.17, 15) is 14.0 Å². The standard InChI is InChI=1S/C22H22FN3O2S/c1-4-11-26-21(28)19(13-20(27)25-18-8-6-5-7-17(18)23)29-22(26)24-16-10-9-14(2)15(3)12-16/h4-10,12,19H,1,11,13H2,2-3H3,(H,25,27)/t19-/m0/s1. The minimum Gasteiger partial charge on any atom is -0.324 e. The number of hydrogen-bond donors (Lipinski definition) is 1. The maximum Gasteiger partial charge on any atom is 0.242 e. The van der Waals surface area contributed by atoms with Crippen LogP contribution in [-0.2, 0) is 9.59 Å². The highest BCUT2D eigenvalue weighted by Gasteiger charge is 2.38. The second kappa shape index (κ2) is 9.05. The number of carbonyl (C=O) groups excluding carboxylic acids is 2. The largest absolute Gasteiger partial charge is 0.324 e. The molecule has 1 N–H and O–H groups in total. The van der Waals surface area contributed by atoms with Crippen LogP contribution in [0.2, 0.25) is 0 Å². The zero-order valence-corrected chi connectivity index (χ0v) is 17.1. The van der Waals surface area contributed by atoms with Gasteiger partial charge in [-0.1, -0.05) is 36.0 Å². The van der Waals surface area contributed by atoms with Gasteiger partial charge in [0, 0.05) is 13.0 Å². The maximum atomic E-state index is 13.7. The van der Waals surface area contributed by atoms with Crippen LogP contribution in [0.25, 0.3) is 0 Å². The van der Waals surface area contributed by atoms with E-state index in [4.69, 9.17) is 0 Å². The number of amidine groups is 1. The number of aryl methyl sites for hydroxylation is 2. The van der Waals surface area contributed by atoms with Crippen molar-refractivity contribution in [3.63, 3.8) is 0 Å². The molecule has 1 heterocycles. The van der Waals surface area contributed by atoms with E-state index >= 15 is 0 Å². The second-order valence-electron chi connectivity index (χ2n) is 6.74. The van der Waals surface area contributed by atoms with Gasteiger partial charge in [0.1, 0.15) is 11.1 Å². The summed E-state index contributed by atoms with van der Waals surface area (Å²) in [7, 11) is 0. The molecule has 1 fully saturated rings. The molecule has 0 aromatic heterocycles. The number of nitrogens with one attached hydrogen (secondary N) is 1. The Morgan fingerprint density at radius 1 is 1.28 bits per heavy atom. The van der Waals surface area contributed by atoms with Gasteiger partial charge < -0.3 is 5.32 Å². The van der Waals surface area contributed by atoms with E-state index < -0.39 is 17.0 Å². The first-order valence-electron chi connectivity index (χ1n) is 9.18. The lowest BCUT2D eigenvalue weighted by Crippen LogP contribution is -2.33. The van der Waals surface area contributed by atoms with Gasteiger partial charge in [-0.3, -0.25) is 14.5 Å². The topological polar surface area (TPSA) is 61.8 Å². The molecular weight excluding hydrogens is 389 g/mol. The molecule has 0 spiro atoms. The minimum absolute atomic E-state index is 0.0720. The number of rotatable bonds is 6. The molecule has 0 radical (unpaired) electrons. The number of para-hydroxylation sites is 1. The Kier molecular flexibility index (Phi) is 6.49. The van der Waals surface area contributed by atoms with Crippen LogP contribution < -0.4 is 5.32 Å². The third-order valence-electron chi connectivity index (χ3n) is 4.57. The van der Waals surface area contributed by atoms with Gasteiger partial charge in [0.15, 0.2) is 5.17 Å². The second-order valence-corrected chi connectivity index (χ2v) is 7.91. The molecule has 3 rings (SSSR count). The molecule has 5 nitrogen and oxygen atoms in total. The zero-order valence-electron chi connectivity index (χ0n) is 16.3. The number of hydrogen-bond acceptors (Lipinski definition) is 4. The van der Waals surface area contributed by atoms with E-state index in [1.165, 1.54) is 28.8 Å². The Bertz CT molecular complexity index is 990. The van der Waals surface area contributed by atoms with Crippen molar-refractivity contribution in [1.82, 2.24) is 4.90 Å². The van der Waals surface area contributed by atoms with Gasteiger partial charge in [-0.15, -0.1) is 6.58 Å². The summed E-state index contributed by atoms with van der Waals surface area (Å²) in [6.45, 7) is 8.03. The van der Waals surface area contributed by atoms with Crippen LogP contribution in [0.15, 0.2) is 60.1 Å². The van der Waals surface area contributed by atoms with Crippen molar-refractivity contribution in [3.05, 3.63) is 72.1 Å². The average molecular weight is 412 g/mol. The monoisotopic (exact) mass is 411 g/mol. The molecule has 1 aliphatic heterocycles.